The summed E-state index contributed by atoms with van der Waals surface area (Å²) in [6.45, 7) is 10.1. The van der Waals surface area contributed by atoms with Gasteiger partial charge in [-0.1, -0.05) is 56.2 Å². The zero-order valence-electron chi connectivity index (χ0n) is 19.8. The van der Waals surface area contributed by atoms with Crippen molar-refractivity contribution in [3.05, 3.63) is 47.0 Å². The average molecular weight is 490 g/mol. The van der Waals surface area contributed by atoms with E-state index in [2.05, 4.69) is 25.7 Å². The fourth-order valence-electron chi connectivity index (χ4n) is 3.50. The van der Waals surface area contributed by atoms with Crippen LogP contribution in [0.5, 0.6) is 11.5 Å². The normalized spacial score (nSPS) is 11.2. The van der Waals surface area contributed by atoms with Crippen molar-refractivity contribution in [1.82, 2.24) is 9.88 Å². The average Bonchev–Trinajstić information content (AvgIpc) is 3.28. The number of benzene rings is 2. The monoisotopic (exact) mass is 489 g/mol. The lowest BCUT2D eigenvalue weighted by Gasteiger charge is -2.25. The van der Waals surface area contributed by atoms with Crippen molar-refractivity contribution >= 4 is 44.2 Å². The van der Waals surface area contributed by atoms with Crippen LogP contribution in [0.25, 0.3) is 10.2 Å². The van der Waals surface area contributed by atoms with Crippen LogP contribution in [0.4, 0.5) is 5.13 Å². The topological polar surface area (TPSA) is 54.9 Å². The van der Waals surface area contributed by atoms with Crippen molar-refractivity contribution in [2.45, 2.75) is 33.6 Å². The van der Waals surface area contributed by atoms with Gasteiger partial charge in [-0.05, 0) is 49.8 Å². The Morgan fingerprint density at radius 2 is 1.91 bits per heavy atom. The van der Waals surface area contributed by atoms with Gasteiger partial charge in [0.05, 0.1) is 23.4 Å². The SMILES string of the molecule is CCCCOc1cccc(C(=O)N(CCN(CC)CC)c2nc3c(OC)ccc(Cl)c3s2)c1. The number of ether oxygens (including phenoxy) is 2. The molecule has 0 aliphatic rings. The van der Waals surface area contributed by atoms with Crippen molar-refractivity contribution < 1.29 is 14.3 Å². The number of nitrogens with zero attached hydrogens (tertiary/aromatic N) is 3. The summed E-state index contributed by atoms with van der Waals surface area (Å²) < 4.78 is 12.1. The second-order valence-electron chi connectivity index (χ2n) is 7.64. The third-order valence-electron chi connectivity index (χ3n) is 5.53. The predicted molar refractivity (Wildman–Crippen MR) is 137 cm³/mol. The first-order chi connectivity index (χ1) is 16.0. The lowest BCUT2D eigenvalue weighted by Crippen LogP contribution is -2.38. The summed E-state index contributed by atoms with van der Waals surface area (Å²) in [4.78, 5) is 22.5. The van der Waals surface area contributed by atoms with E-state index in [9.17, 15) is 4.79 Å². The first kappa shape index (κ1) is 25.3. The quantitative estimate of drug-likeness (QED) is 0.286. The fraction of sp³-hybridized carbons (Fsp3) is 0.440. The predicted octanol–water partition coefficient (Wildman–Crippen LogP) is 6.13. The highest BCUT2D eigenvalue weighted by atomic mass is 35.5. The highest BCUT2D eigenvalue weighted by Gasteiger charge is 2.24. The van der Waals surface area contributed by atoms with E-state index in [-0.39, 0.29) is 5.91 Å². The molecule has 33 heavy (non-hydrogen) atoms. The van der Waals surface area contributed by atoms with Crippen molar-refractivity contribution in [3.63, 3.8) is 0 Å². The Kier molecular flexibility index (Phi) is 9.35. The van der Waals surface area contributed by atoms with Gasteiger partial charge in [-0.2, -0.15) is 0 Å². The van der Waals surface area contributed by atoms with E-state index in [1.54, 1.807) is 24.1 Å². The van der Waals surface area contributed by atoms with Crippen LogP contribution in [0, 0.1) is 0 Å². The number of hydrogen-bond donors (Lipinski definition) is 0. The molecule has 6 nitrogen and oxygen atoms in total. The van der Waals surface area contributed by atoms with Crippen LogP contribution in [0.3, 0.4) is 0 Å². The lowest BCUT2D eigenvalue weighted by atomic mass is 10.2. The molecule has 178 valence electrons. The second-order valence-corrected chi connectivity index (χ2v) is 9.02. The van der Waals surface area contributed by atoms with E-state index in [1.165, 1.54) is 11.3 Å². The molecule has 0 atom stereocenters. The highest BCUT2D eigenvalue weighted by Crippen LogP contribution is 2.39. The first-order valence-electron chi connectivity index (χ1n) is 11.4. The summed E-state index contributed by atoms with van der Waals surface area (Å²) in [6.07, 6.45) is 2.03. The number of carbonyl (C=O) groups excluding carboxylic acids is 1. The Hall–Kier alpha value is -2.35. The molecule has 0 spiro atoms. The van der Waals surface area contributed by atoms with Gasteiger partial charge in [-0.15, -0.1) is 0 Å². The zero-order chi connectivity index (χ0) is 23.8. The number of unbranched alkanes of at least 4 members (excludes halogenated alkanes) is 1. The van der Waals surface area contributed by atoms with Gasteiger partial charge in [-0.3, -0.25) is 9.69 Å². The number of fused-ring (bicyclic) bond motifs is 1. The number of anilines is 1. The number of halogens is 1. The summed E-state index contributed by atoms with van der Waals surface area (Å²) in [5, 5.41) is 1.20. The van der Waals surface area contributed by atoms with Crippen molar-refractivity contribution in [1.29, 1.82) is 0 Å². The zero-order valence-corrected chi connectivity index (χ0v) is 21.3. The van der Waals surface area contributed by atoms with Gasteiger partial charge in [0.15, 0.2) is 5.13 Å². The molecule has 3 aromatic rings. The van der Waals surface area contributed by atoms with E-state index in [4.69, 9.17) is 26.1 Å². The number of carbonyl (C=O) groups is 1. The molecule has 1 aromatic heterocycles. The molecular weight excluding hydrogens is 458 g/mol. The number of rotatable bonds is 12. The Morgan fingerprint density at radius 1 is 1.12 bits per heavy atom. The molecule has 0 fully saturated rings. The van der Waals surface area contributed by atoms with Crippen molar-refractivity contribution in [2.24, 2.45) is 0 Å². The Morgan fingerprint density at radius 3 is 2.61 bits per heavy atom. The molecule has 0 N–H and O–H groups in total. The maximum Gasteiger partial charge on any atom is 0.260 e. The molecule has 0 aliphatic heterocycles. The lowest BCUT2D eigenvalue weighted by molar-refractivity contribution is 0.0983. The molecule has 8 heteroatoms. The van der Waals surface area contributed by atoms with Gasteiger partial charge in [0.2, 0.25) is 0 Å². The van der Waals surface area contributed by atoms with E-state index < -0.39 is 0 Å². The van der Waals surface area contributed by atoms with Crippen LogP contribution >= 0.6 is 22.9 Å². The van der Waals surface area contributed by atoms with E-state index in [0.29, 0.717) is 45.9 Å². The van der Waals surface area contributed by atoms with E-state index in [0.717, 1.165) is 37.2 Å². The molecule has 0 bridgehead atoms. The summed E-state index contributed by atoms with van der Waals surface area (Å²) in [5.74, 6) is 1.23. The maximum absolute atomic E-state index is 13.7. The van der Waals surface area contributed by atoms with Gasteiger partial charge in [0.25, 0.3) is 5.91 Å². The van der Waals surface area contributed by atoms with E-state index in [1.807, 2.05) is 24.3 Å². The molecule has 0 saturated carbocycles. The van der Waals surface area contributed by atoms with Crippen molar-refractivity contribution in [2.75, 3.05) is 44.8 Å². The molecular formula is C25H32ClN3O3S. The summed E-state index contributed by atoms with van der Waals surface area (Å²) >= 11 is 7.85. The van der Waals surface area contributed by atoms with Crippen LogP contribution in [0.1, 0.15) is 44.0 Å². The number of aromatic nitrogens is 1. The minimum absolute atomic E-state index is 0.114. The van der Waals surface area contributed by atoms with Gasteiger partial charge in [0, 0.05) is 18.7 Å². The smallest absolute Gasteiger partial charge is 0.260 e. The van der Waals surface area contributed by atoms with Crippen LogP contribution < -0.4 is 14.4 Å². The molecule has 1 heterocycles. The minimum atomic E-state index is -0.114. The van der Waals surface area contributed by atoms with Crippen LogP contribution in [-0.2, 0) is 0 Å². The molecule has 0 saturated heterocycles. The standard InChI is InChI=1S/C25H32ClN3O3S/c1-5-8-16-32-19-11-9-10-18(17-19)24(30)29(15-14-28(6-2)7-3)25-27-22-21(31-4)13-12-20(26)23(22)33-25/h9-13,17H,5-8,14-16H2,1-4H3. The highest BCUT2D eigenvalue weighted by molar-refractivity contribution is 7.23. The van der Waals surface area contributed by atoms with Gasteiger partial charge < -0.3 is 14.4 Å². The maximum atomic E-state index is 13.7. The Bertz CT molecular complexity index is 1070. The molecule has 2 aromatic carbocycles. The number of hydrogen-bond acceptors (Lipinski definition) is 6. The van der Waals surface area contributed by atoms with Crippen LogP contribution in [-0.4, -0.2) is 55.7 Å². The summed E-state index contributed by atoms with van der Waals surface area (Å²) in [6, 6.07) is 11.0. The van der Waals surface area contributed by atoms with Crippen LogP contribution in [0.15, 0.2) is 36.4 Å². The number of thiazole rings is 1. The Labute approximate surface area is 205 Å². The van der Waals surface area contributed by atoms with Crippen LogP contribution in [0.2, 0.25) is 5.02 Å². The third-order valence-corrected chi connectivity index (χ3v) is 7.06. The van der Waals surface area contributed by atoms with Gasteiger partial charge in [-0.25, -0.2) is 4.98 Å². The molecule has 0 aliphatic carbocycles. The fourth-order valence-corrected chi connectivity index (χ4v) is 4.78. The third kappa shape index (κ3) is 6.16. The number of methoxy groups -OCH3 is 1. The molecule has 1 amide bonds. The molecule has 0 unspecified atom stereocenters. The first-order valence-corrected chi connectivity index (χ1v) is 12.6. The van der Waals surface area contributed by atoms with E-state index >= 15 is 0 Å². The molecule has 0 radical (unpaired) electrons. The second kappa shape index (κ2) is 12.2. The largest absolute Gasteiger partial charge is 0.494 e. The minimum Gasteiger partial charge on any atom is -0.494 e. The Balaban J connectivity index is 1.96. The van der Waals surface area contributed by atoms with Gasteiger partial charge >= 0.3 is 0 Å². The summed E-state index contributed by atoms with van der Waals surface area (Å²) in [5.41, 5.74) is 1.24. The number of likely N-dealkylation sites (N-methyl/N-ethyl adjacent to an activating group) is 1. The van der Waals surface area contributed by atoms with Crippen molar-refractivity contribution in [3.8, 4) is 11.5 Å². The number of amides is 1. The molecule has 3 rings (SSSR count). The summed E-state index contributed by atoms with van der Waals surface area (Å²) in [7, 11) is 1.61. The van der Waals surface area contributed by atoms with Gasteiger partial charge in [0.1, 0.15) is 17.0 Å².